The smallest absolute Gasteiger partial charge is 0.212 e. The predicted octanol–water partition coefficient (Wildman–Crippen LogP) is 3.13. The first-order chi connectivity index (χ1) is 16.8. The first kappa shape index (κ1) is 23.3. The summed E-state index contributed by atoms with van der Waals surface area (Å²) in [6.45, 7) is 9.29. The molecule has 1 aromatic carbocycles. The van der Waals surface area contributed by atoms with E-state index < -0.39 is 5.79 Å². The number of aryl methyl sites for hydroxylation is 2. The van der Waals surface area contributed by atoms with Crippen LogP contribution in [-0.2, 0) is 17.1 Å². The second kappa shape index (κ2) is 8.94. The van der Waals surface area contributed by atoms with Crippen LogP contribution >= 0.6 is 0 Å². The molecule has 2 aliphatic rings. The number of nitrogens with two attached hydrogens (primary N) is 1. The number of nitrogens with one attached hydrogen (secondary N) is 2. The number of hydrogen-bond donors (Lipinski definition) is 3. The molecule has 35 heavy (non-hydrogen) atoms. The zero-order chi connectivity index (χ0) is 24.6. The number of fused-ring (bicyclic) bond motifs is 1. The van der Waals surface area contributed by atoms with E-state index in [0.29, 0.717) is 11.3 Å². The normalized spacial score (nSPS) is 23.1. The Morgan fingerprint density at radius 3 is 2.91 bits per heavy atom. The molecule has 0 aliphatic carbocycles. The van der Waals surface area contributed by atoms with Crippen molar-refractivity contribution in [2.75, 3.05) is 37.5 Å². The summed E-state index contributed by atoms with van der Waals surface area (Å²) in [7, 11) is 1.62. The average molecular weight is 477 g/mol. The molecule has 0 spiro atoms. The van der Waals surface area contributed by atoms with Crippen LogP contribution in [0.4, 0.5) is 11.5 Å². The third kappa shape index (κ3) is 4.35. The minimum Gasteiger partial charge on any atom is -0.496 e. The Morgan fingerprint density at radius 1 is 1.31 bits per heavy atom. The molecule has 2 aromatic heterocycles. The summed E-state index contributed by atoms with van der Waals surface area (Å²) < 4.78 is 13.3. The number of nitrogens with zero attached hydrogens (tertiary/aromatic N) is 5. The van der Waals surface area contributed by atoms with Crippen molar-refractivity contribution >= 4 is 17.7 Å². The van der Waals surface area contributed by atoms with E-state index in [9.17, 15) is 0 Å². The predicted molar refractivity (Wildman–Crippen MR) is 136 cm³/mol. The fourth-order valence-electron chi connectivity index (χ4n) is 4.59. The van der Waals surface area contributed by atoms with Gasteiger partial charge in [0.1, 0.15) is 12.1 Å². The molecule has 2 aliphatic heterocycles. The van der Waals surface area contributed by atoms with Crippen molar-refractivity contribution in [3.8, 4) is 17.1 Å². The van der Waals surface area contributed by atoms with Crippen LogP contribution in [0.2, 0.25) is 0 Å². The summed E-state index contributed by atoms with van der Waals surface area (Å²) in [4.78, 5) is 9.46. The summed E-state index contributed by atoms with van der Waals surface area (Å²) in [5, 5.41) is 15.3. The summed E-state index contributed by atoms with van der Waals surface area (Å²) >= 11 is 0. The highest BCUT2D eigenvalue weighted by atomic mass is 16.5. The molecule has 0 amide bonds. The second-order valence-electron chi connectivity index (χ2n) is 9.55. The lowest BCUT2D eigenvalue weighted by Crippen LogP contribution is -2.45. The highest BCUT2D eigenvalue weighted by Gasteiger charge is 2.35. The van der Waals surface area contributed by atoms with Crippen LogP contribution in [0.15, 0.2) is 35.6 Å². The molecule has 1 saturated heterocycles. The Hall–Kier alpha value is -3.50. The molecule has 2 atom stereocenters. The molecule has 3 aromatic rings. The van der Waals surface area contributed by atoms with Gasteiger partial charge in [0, 0.05) is 48.1 Å². The maximum absolute atomic E-state index is 6.85. The molecule has 10 nitrogen and oxygen atoms in total. The van der Waals surface area contributed by atoms with Crippen molar-refractivity contribution in [3.05, 3.63) is 47.4 Å². The Morgan fingerprint density at radius 2 is 2.17 bits per heavy atom. The first-order valence-corrected chi connectivity index (χ1v) is 11.9. The molecule has 184 valence electrons. The quantitative estimate of drug-likeness (QED) is 0.475. The summed E-state index contributed by atoms with van der Waals surface area (Å²) in [6.07, 6.45) is 4.53. The molecular formula is C25H32N8O2. The Balaban J connectivity index is 1.48. The number of aliphatic imine (C=N–C) groups is 1. The number of anilines is 2. The zero-order valence-electron chi connectivity index (χ0n) is 20.6. The van der Waals surface area contributed by atoms with Gasteiger partial charge < -0.3 is 24.7 Å². The number of ether oxygens (including phenoxy) is 2. The molecule has 0 radical (unpaired) electrons. The van der Waals surface area contributed by atoms with Crippen LogP contribution in [-0.4, -0.2) is 52.8 Å². The topological polar surface area (TPSA) is 125 Å². The lowest BCUT2D eigenvalue weighted by Gasteiger charge is -2.34. The second-order valence-corrected chi connectivity index (χ2v) is 9.55. The Bertz CT molecular complexity index is 1260. The Kier molecular flexibility index (Phi) is 5.94. The number of rotatable bonds is 7. The molecule has 2 unspecified atom stereocenters. The minimum atomic E-state index is -1.23. The number of benzene rings is 1. The van der Waals surface area contributed by atoms with Crippen LogP contribution in [0.1, 0.15) is 37.1 Å². The van der Waals surface area contributed by atoms with Crippen LogP contribution in [0, 0.1) is 12.3 Å². The van der Waals surface area contributed by atoms with Gasteiger partial charge in [-0.25, -0.2) is 9.98 Å². The van der Waals surface area contributed by atoms with Crippen molar-refractivity contribution in [2.45, 2.75) is 39.5 Å². The van der Waals surface area contributed by atoms with Gasteiger partial charge in [-0.15, -0.1) is 10.2 Å². The van der Waals surface area contributed by atoms with Crippen LogP contribution in [0.3, 0.4) is 0 Å². The average Bonchev–Trinajstić information content (AvgIpc) is 3.52. The summed E-state index contributed by atoms with van der Waals surface area (Å²) in [5.74, 6) is 0.891. The number of aromatic nitrogens is 4. The molecule has 4 N–H and O–H groups in total. The van der Waals surface area contributed by atoms with Crippen molar-refractivity contribution in [1.82, 2.24) is 19.7 Å². The first-order valence-electron chi connectivity index (χ1n) is 11.9. The lowest BCUT2D eigenvalue weighted by atomic mass is 9.90. The van der Waals surface area contributed by atoms with Gasteiger partial charge in [-0.05, 0) is 38.5 Å². The van der Waals surface area contributed by atoms with Crippen molar-refractivity contribution in [3.63, 3.8) is 0 Å². The van der Waals surface area contributed by atoms with Gasteiger partial charge in [0.05, 0.1) is 25.0 Å². The Labute approximate surface area is 205 Å². The van der Waals surface area contributed by atoms with E-state index >= 15 is 0 Å². The molecule has 0 saturated carbocycles. The standard InChI is InChI=1S/C25H32N8O2/c1-5-33-15-29-32-23(33)17-6-7-19(20(11-17)34-4)25(26)28-12-18-10-16(2)30-22(21(18)31-25)27-13-24(3)8-9-35-14-24/h6-7,10-12,15,31H,5,8-9,13-14,26H2,1-4H3,(H,27,30). The van der Waals surface area contributed by atoms with Gasteiger partial charge in [0.2, 0.25) is 5.79 Å². The van der Waals surface area contributed by atoms with E-state index in [1.165, 1.54) is 0 Å². The fourth-order valence-corrected chi connectivity index (χ4v) is 4.59. The van der Waals surface area contributed by atoms with Crippen LogP contribution < -0.4 is 21.1 Å². The monoisotopic (exact) mass is 476 g/mol. The van der Waals surface area contributed by atoms with Crippen molar-refractivity contribution in [2.24, 2.45) is 16.1 Å². The fraction of sp³-hybridized carbons (Fsp3) is 0.440. The molecule has 4 heterocycles. The third-order valence-electron chi connectivity index (χ3n) is 6.71. The van der Waals surface area contributed by atoms with Crippen molar-refractivity contribution < 1.29 is 9.47 Å². The largest absolute Gasteiger partial charge is 0.496 e. The third-order valence-corrected chi connectivity index (χ3v) is 6.71. The number of hydrogen-bond acceptors (Lipinski definition) is 9. The highest BCUT2D eigenvalue weighted by molar-refractivity contribution is 5.94. The van der Waals surface area contributed by atoms with Gasteiger partial charge in [-0.3, -0.25) is 5.73 Å². The minimum absolute atomic E-state index is 0.0684. The van der Waals surface area contributed by atoms with E-state index in [-0.39, 0.29) is 5.41 Å². The molecule has 1 fully saturated rings. The van der Waals surface area contributed by atoms with Gasteiger partial charge >= 0.3 is 0 Å². The van der Waals surface area contributed by atoms with E-state index in [2.05, 4.69) is 27.8 Å². The lowest BCUT2D eigenvalue weighted by molar-refractivity contribution is 0.164. The van der Waals surface area contributed by atoms with E-state index in [1.54, 1.807) is 19.7 Å². The van der Waals surface area contributed by atoms with Gasteiger partial charge in [0.25, 0.3) is 0 Å². The maximum atomic E-state index is 6.85. The molecule has 5 rings (SSSR count). The van der Waals surface area contributed by atoms with Crippen molar-refractivity contribution in [1.29, 1.82) is 0 Å². The zero-order valence-corrected chi connectivity index (χ0v) is 20.6. The highest BCUT2D eigenvalue weighted by Crippen LogP contribution is 2.39. The van der Waals surface area contributed by atoms with Gasteiger partial charge in [-0.1, -0.05) is 13.0 Å². The van der Waals surface area contributed by atoms with E-state index in [1.807, 2.05) is 42.7 Å². The van der Waals surface area contributed by atoms with Gasteiger partial charge in [-0.2, -0.15) is 0 Å². The maximum Gasteiger partial charge on any atom is 0.212 e. The SMILES string of the molecule is CCn1cnnc1-c1ccc(C2(N)N=Cc3cc(C)nc(NCC4(C)CCOC4)c3N2)c(OC)c1. The van der Waals surface area contributed by atoms with E-state index in [0.717, 1.165) is 66.9 Å². The summed E-state index contributed by atoms with van der Waals surface area (Å²) in [6, 6.07) is 7.79. The van der Waals surface area contributed by atoms with Gasteiger partial charge in [0.15, 0.2) is 11.6 Å². The number of methoxy groups -OCH3 is 1. The number of pyridine rings is 1. The van der Waals surface area contributed by atoms with Crippen LogP contribution in [0.25, 0.3) is 11.4 Å². The molecule has 0 bridgehead atoms. The van der Waals surface area contributed by atoms with E-state index in [4.69, 9.17) is 25.2 Å². The molecular weight excluding hydrogens is 444 g/mol. The molecule has 10 heteroatoms. The summed E-state index contributed by atoms with van der Waals surface area (Å²) in [5.41, 5.74) is 11.2. The van der Waals surface area contributed by atoms with Crippen LogP contribution in [0.5, 0.6) is 5.75 Å².